The maximum atomic E-state index is 12.0. The second kappa shape index (κ2) is 4.12. The van der Waals surface area contributed by atoms with Gasteiger partial charge in [0.25, 0.3) is 0 Å². The second-order valence-electron chi connectivity index (χ2n) is 3.45. The molecular formula is C11H9F3N2O. The Labute approximate surface area is 95.4 Å². The number of hydrogen-bond donors (Lipinski definition) is 0. The molecule has 0 unspecified atom stereocenters. The molecule has 0 atom stereocenters. The largest absolute Gasteiger partial charge is 0.573 e. The van der Waals surface area contributed by atoms with Gasteiger partial charge in [-0.05, 0) is 25.1 Å². The van der Waals surface area contributed by atoms with E-state index in [4.69, 9.17) is 0 Å². The zero-order valence-electron chi connectivity index (χ0n) is 8.90. The van der Waals surface area contributed by atoms with E-state index in [9.17, 15) is 13.2 Å². The predicted molar refractivity (Wildman–Crippen MR) is 55.0 cm³/mol. The lowest BCUT2D eigenvalue weighted by Crippen LogP contribution is -2.17. The maximum absolute atomic E-state index is 12.0. The van der Waals surface area contributed by atoms with Crippen LogP contribution in [0.2, 0.25) is 0 Å². The Morgan fingerprint density at radius 1 is 1.24 bits per heavy atom. The average Bonchev–Trinajstić information content (AvgIpc) is 2.63. The van der Waals surface area contributed by atoms with E-state index >= 15 is 0 Å². The third kappa shape index (κ3) is 2.99. The zero-order chi connectivity index (χ0) is 12.5. The number of hydrogen-bond acceptors (Lipinski definition) is 2. The van der Waals surface area contributed by atoms with Crippen LogP contribution in [0, 0.1) is 6.92 Å². The van der Waals surface area contributed by atoms with Gasteiger partial charge in [-0.2, -0.15) is 5.10 Å². The van der Waals surface area contributed by atoms with Crippen LogP contribution in [-0.2, 0) is 0 Å². The standard InChI is InChI=1S/C11H9F3N2O/c1-8-5-6-16(15-8)9-3-2-4-10(7-9)17-11(12,13)14/h2-7H,1H3. The normalized spacial score (nSPS) is 11.5. The highest BCUT2D eigenvalue weighted by Gasteiger charge is 2.31. The second-order valence-corrected chi connectivity index (χ2v) is 3.45. The molecule has 2 aromatic rings. The van der Waals surface area contributed by atoms with Gasteiger partial charge in [0.2, 0.25) is 0 Å². The molecule has 3 nitrogen and oxygen atoms in total. The molecule has 6 heteroatoms. The number of rotatable bonds is 2. The number of nitrogens with zero attached hydrogens (tertiary/aromatic N) is 2. The quantitative estimate of drug-likeness (QED) is 0.809. The zero-order valence-corrected chi connectivity index (χ0v) is 8.90. The Kier molecular flexibility index (Phi) is 2.79. The summed E-state index contributed by atoms with van der Waals surface area (Å²) in [4.78, 5) is 0. The number of benzene rings is 1. The van der Waals surface area contributed by atoms with E-state index in [1.807, 2.05) is 0 Å². The number of alkyl halides is 3. The van der Waals surface area contributed by atoms with E-state index in [-0.39, 0.29) is 5.75 Å². The van der Waals surface area contributed by atoms with Gasteiger partial charge in [0.05, 0.1) is 11.4 Å². The van der Waals surface area contributed by atoms with Gasteiger partial charge in [0.1, 0.15) is 5.75 Å². The van der Waals surface area contributed by atoms with Crippen molar-refractivity contribution >= 4 is 0 Å². The lowest BCUT2D eigenvalue weighted by atomic mass is 10.3. The molecule has 0 radical (unpaired) electrons. The Balaban J connectivity index is 2.29. The van der Waals surface area contributed by atoms with Crippen molar-refractivity contribution in [1.82, 2.24) is 9.78 Å². The molecule has 0 N–H and O–H groups in total. The number of ether oxygens (including phenoxy) is 1. The summed E-state index contributed by atoms with van der Waals surface area (Å²) in [7, 11) is 0. The van der Waals surface area contributed by atoms with E-state index in [2.05, 4.69) is 9.84 Å². The minimum atomic E-state index is -4.68. The minimum Gasteiger partial charge on any atom is -0.406 e. The third-order valence-electron chi connectivity index (χ3n) is 2.04. The van der Waals surface area contributed by atoms with Crippen molar-refractivity contribution in [3.05, 3.63) is 42.2 Å². The van der Waals surface area contributed by atoms with Crippen molar-refractivity contribution in [3.63, 3.8) is 0 Å². The molecule has 0 spiro atoms. The summed E-state index contributed by atoms with van der Waals surface area (Å²) < 4.78 is 41.4. The molecule has 90 valence electrons. The van der Waals surface area contributed by atoms with Gasteiger partial charge in [0.15, 0.2) is 0 Å². The summed E-state index contributed by atoms with van der Waals surface area (Å²) in [6, 6.07) is 7.41. The van der Waals surface area contributed by atoms with Gasteiger partial charge in [-0.25, -0.2) is 4.68 Å². The molecule has 0 saturated heterocycles. The fraction of sp³-hybridized carbons (Fsp3) is 0.182. The molecule has 17 heavy (non-hydrogen) atoms. The summed E-state index contributed by atoms with van der Waals surface area (Å²) in [5.74, 6) is -0.261. The Hall–Kier alpha value is -1.98. The maximum Gasteiger partial charge on any atom is 0.573 e. The monoisotopic (exact) mass is 242 g/mol. The van der Waals surface area contributed by atoms with Crippen LogP contribution < -0.4 is 4.74 Å². The predicted octanol–water partition coefficient (Wildman–Crippen LogP) is 3.08. The van der Waals surface area contributed by atoms with Crippen molar-refractivity contribution in [1.29, 1.82) is 0 Å². The Morgan fingerprint density at radius 3 is 2.59 bits per heavy atom. The molecular weight excluding hydrogens is 233 g/mol. The van der Waals surface area contributed by atoms with E-state index in [1.165, 1.54) is 22.9 Å². The first-order valence-electron chi connectivity index (χ1n) is 4.82. The molecule has 0 aliphatic carbocycles. The summed E-state index contributed by atoms with van der Waals surface area (Å²) in [5.41, 5.74) is 1.30. The van der Waals surface area contributed by atoms with Crippen LogP contribution in [0.1, 0.15) is 5.69 Å². The highest BCUT2D eigenvalue weighted by Crippen LogP contribution is 2.24. The van der Waals surface area contributed by atoms with Crippen LogP contribution in [0.25, 0.3) is 5.69 Å². The Bertz CT molecular complexity index is 519. The molecule has 0 aliphatic heterocycles. The number of halogens is 3. The lowest BCUT2D eigenvalue weighted by Gasteiger charge is -2.09. The minimum absolute atomic E-state index is 0.261. The number of aromatic nitrogens is 2. The van der Waals surface area contributed by atoms with E-state index in [0.29, 0.717) is 5.69 Å². The van der Waals surface area contributed by atoms with Gasteiger partial charge >= 0.3 is 6.36 Å². The van der Waals surface area contributed by atoms with E-state index in [1.54, 1.807) is 25.3 Å². The lowest BCUT2D eigenvalue weighted by molar-refractivity contribution is -0.274. The summed E-state index contributed by atoms with van der Waals surface area (Å²) in [6.07, 6.45) is -3.01. The van der Waals surface area contributed by atoms with E-state index in [0.717, 1.165) is 5.69 Å². The van der Waals surface area contributed by atoms with Gasteiger partial charge in [0, 0.05) is 12.3 Å². The fourth-order valence-corrected chi connectivity index (χ4v) is 1.38. The molecule has 1 heterocycles. The molecule has 0 amide bonds. The van der Waals surface area contributed by atoms with Crippen molar-refractivity contribution in [3.8, 4) is 11.4 Å². The molecule has 0 saturated carbocycles. The van der Waals surface area contributed by atoms with Gasteiger partial charge in [-0.3, -0.25) is 0 Å². The average molecular weight is 242 g/mol. The summed E-state index contributed by atoms with van der Waals surface area (Å²) >= 11 is 0. The van der Waals surface area contributed by atoms with Crippen molar-refractivity contribution in [2.24, 2.45) is 0 Å². The molecule has 2 rings (SSSR count). The van der Waals surface area contributed by atoms with Crippen molar-refractivity contribution < 1.29 is 17.9 Å². The number of aryl methyl sites for hydroxylation is 1. The van der Waals surface area contributed by atoms with Crippen LogP contribution in [0.15, 0.2) is 36.5 Å². The highest BCUT2D eigenvalue weighted by atomic mass is 19.4. The molecule has 1 aromatic carbocycles. The van der Waals surface area contributed by atoms with Crippen LogP contribution >= 0.6 is 0 Å². The van der Waals surface area contributed by atoms with Gasteiger partial charge < -0.3 is 4.74 Å². The van der Waals surface area contributed by atoms with Crippen LogP contribution in [0.4, 0.5) is 13.2 Å². The SMILES string of the molecule is Cc1ccn(-c2cccc(OC(F)(F)F)c2)n1. The van der Waals surface area contributed by atoms with Gasteiger partial charge in [-0.15, -0.1) is 13.2 Å². The van der Waals surface area contributed by atoms with Crippen LogP contribution in [0.5, 0.6) is 5.75 Å². The fourth-order valence-electron chi connectivity index (χ4n) is 1.38. The first-order chi connectivity index (χ1) is 7.94. The van der Waals surface area contributed by atoms with Gasteiger partial charge in [-0.1, -0.05) is 6.07 Å². The highest BCUT2D eigenvalue weighted by molar-refractivity contribution is 5.38. The topological polar surface area (TPSA) is 27.1 Å². The van der Waals surface area contributed by atoms with E-state index < -0.39 is 6.36 Å². The van der Waals surface area contributed by atoms with Crippen LogP contribution in [-0.4, -0.2) is 16.1 Å². The molecule has 1 aromatic heterocycles. The first kappa shape index (κ1) is 11.5. The van der Waals surface area contributed by atoms with Crippen molar-refractivity contribution in [2.75, 3.05) is 0 Å². The molecule has 0 aliphatic rings. The Morgan fingerprint density at radius 2 is 2.00 bits per heavy atom. The first-order valence-corrected chi connectivity index (χ1v) is 4.82. The smallest absolute Gasteiger partial charge is 0.406 e. The third-order valence-corrected chi connectivity index (χ3v) is 2.04. The summed E-state index contributed by atoms with van der Waals surface area (Å²) in [5, 5.41) is 4.10. The molecule has 0 fully saturated rings. The molecule has 0 bridgehead atoms. The van der Waals surface area contributed by atoms with Crippen LogP contribution in [0.3, 0.4) is 0 Å². The summed E-state index contributed by atoms with van der Waals surface area (Å²) in [6.45, 7) is 1.80. The van der Waals surface area contributed by atoms with Crippen molar-refractivity contribution in [2.45, 2.75) is 13.3 Å².